The number of piperidine rings is 1. The van der Waals surface area contributed by atoms with Crippen molar-refractivity contribution in [2.45, 2.75) is 46.6 Å². The van der Waals surface area contributed by atoms with E-state index in [1.165, 1.54) is 6.42 Å². The zero-order chi connectivity index (χ0) is 10.7. The van der Waals surface area contributed by atoms with Crippen molar-refractivity contribution in [2.75, 3.05) is 13.1 Å². The van der Waals surface area contributed by atoms with Gasteiger partial charge in [-0.3, -0.25) is 9.69 Å². The van der Waals surface area contributed by atoms with Crippen molar-refractivity contribution in [3.63, 3.8) is 0 Å². The second-order valence-electron chi connectivity index (χ2n) is 4.74. The summed E-state index contributed by atoms with van der Waals surface area (Å²) in [4.78, 5) is 13.8. The van der Waals surface area contributed by atoms with Gasteiger partial charge >= 0.3 is 0 Å². The van der Waals surface area contributed by atoms with Gasteiger partial charge in [0.1, 0.15) is 5.78 Å². The van der Waals surface area contributed by atoms with Gasteiger partial charge in [0, 0.05) is 31.5 Å². The van der Waals surface area contributed by atoms with Gasteiger partial charge in [-0.2, -0.15) is 0 Å². The van der Waals surface area contributed by atoms with Gasteiger partial charge in [0.05, 0.1) is 0 Å². The van der Waals surface area contributed by atoms with Gasteiger partial charge in [-0.25, -0.2) is 0 Å². The third kappa shape index (κ3) is 2.57. The maximum Gasteiger partial charge on any atom is 0.138 e. The molecule has 1 fully saturated rings. The van der Waals surface area contributed by atoms with Crippen molar-refractivity contribution < 1.29 is 4.79 Å². The third-order valence-electron chi connectivity index (χ3n) is 3.75. The minimum atomic E-state index is 0.246. The fraction of sp³-hybridized carbons (Fsp3) is 0.917. The highest BCUT2D eigenvalue weighted by Gasteiger charge is 2.27. The molecule has 1 aliphatic heterocycles. The van der Waals surface area contributed by atoms with Crippen molar-refractivity contribution in [3.05, 3.63) is 0 Å². The lowest BCUT2D eigenvalue weighted by molar-refractivity contribution is -0.126. The van der Waals surface area contributed by atoms with Crippen LogP contribution >= 0.6 is 0 Å². The maximum atomic E-state index is 11.4. The first-order valence-corrected chi connectivity index (χ1v) is 5.83. The van der Waals surface area contributed by atoms with Gasteiger partial charge in [-0.1, -0.05) is 27.2 Å². The van der Waals surface area contributed by atoms with E-state index in [1.807, 2.05) is 0 Å². The topological polar surface area (TPSA) is 20.3 Å². The van der Waals surface area contributed by atoms with E-state index >= 15 is 0 Å². The number of carbonyl (C=O) groups is 1. The molecule has 0 aromatic heterocycles. The summed E-state index contributed by atoms with van der Waals surface area (Å²) in [6.07, 6.45) is 1.97. The molecule has 0 aliphatic carbocycles. The smallest absolute Gasteiger partial charge is 0.138 e. The second kappa shape index (κ2) is 4.92. The van der Waals surface area contributed by atoms with E-state index in [2.05, 4.69) is 32.6 Å². The van der Waals surface area contributed by atoms with E-state index in [0.717, 1.165) is 25.4 Å². The molecule has 0 amide bonds. The van der Waals surface area contributed by atoms with Gasteiger partial charge in [-0.05, 0) is 12.8 Å². The molecule has 0 bridgehead atoms. The zero-order valence-corrected chi connectivity index (χ0v) is 9.92. The lowest BCUT2D eigenvalue weighted by atomic mass is 9.93. The molecule has 0 spiro atoms. The van der Waals surface area contributed by atoms with Crippen molar-refractivity contribution in [1.29, 1.82) is 0 Å². The van der Waals surface area contributed by atoms with E-state index in [-0.39, 0.29) is 5.92 Å². The minimum Gasteiger partial charge on any atom is -0.299 e. The molecule has 14 heavy (non-hydrogen) atoms. The summed E-state index contributed by atoms with van der Waals surface area (Å²) in [5, 5.41) is 0. The predicted molar refractivity (Wildman–Crippen MR) is 59.3 cm³/mol. The molecular weight excluding hydrogens is 174 g/mol. The normalized spacial score (nSPS) is 28.9. The van der Waals surface area contributed by atoms with E-state index < -0.39 is 0 Å². The van der Waals surface area contributed by atoms with Crippen LogP contribution in [0.2, 0.25) is 0 Å². The third-order valence-corrected chi connectivity index (χ3v) is 3.75. The van der Waals surface area contributed by atoms with Crippen LogP contribution < -0.4 is 0 Å². The van der Waals surface area contributed by atoms with Crippen LogP contribution in [-0.2, 0) is 4.79 Å². The molecule has 0 aromatic carbocycles. The van der Waals surface area contributed by atoms with Crippen molar-refractivity contribution in [2.24, 2.45) is 11.8 Å². The largest absolute Gasteiger partial charge is 0.299 e. The van der Waals surface area contributed by atoms with Crippen LogP contribution in [0.25, 0.3) is 0 Å². The van der Waals surface area contributed by atoms with Crippen LogP contribution in [-0.4, -0.2) is 29.8 Å². The van der Waals surface area contributed by atoms with E-state index in [9.17, 15) is 4.79 Å². The Hall–Kier alpha value is -0.370. The average molecular weight is 197 g/mol. The summed E-state index contributed by atoms with van der Waals surface area (Å²) in [6.45, 7) is 10.8. The molecule has 3 atom stereocenters. The fourth-order valence-corrected chi connectivity index (χ4v) is 2.12. The standard InChI is InChI=1S/C12H23NO/c1-5-9(2)11(4)13-7-6-12(14)10(3)8-13/h9-11H,5-8H2,1-4H3. The molecule has 2 nitrogen and oxygen atoms in total. The summed E-state index contributed by atoms with van der Waals surface area (Å²) in [5.74, 6) is 1.42. The summed E-state index contributed by atoms with van der Waals surface area (Å²) in [7, 11) is 0. The lowest BCUT2D eigenvalue weighted by Gasteiger charge is -2.37. The summed E-state index contributed by atoms with van der Waals surface area (Å²) >= 11 is 0. The van der Waals surface area contributed by atoms with Crippen LogP contribution in [0.15, 0.2) is 0 Å². The Bertz CT molecular complexity index is 202. The number of rotatable bonds is 3. The monoisotopic (exact) mass is 197 g/mol. The Kier molecular flexibility index (Phi) is 4.11. The van der Waals surface area contributed by atoms with Crippen LogP contribution in [0.1, 0.15) is 40.5 Å². The highest BCUT2D eigenvalue weighted by molar-refractivity contribution is 5.81. The number of carbonyl (C=O) groups excluding carboxylic acids is 1. The lowest BCUT2D eigenvalue weighted by Crippen LogP contribution is -2.46. The van der Waals surface area contributed by atoms with E-state index in [0.29, 0.717) is 11.8 Å². The van der Waals surface area contributed by atoms with Gasteiger partial charge < -0.3 is 0 Å². The molecule has 1 heterocycles. The Labute approximate surface area is 87.7 Å². The van der Waals surface area contributed by atoms with Crippen molar-refractivity contribution in [1.82, 2.24) is 4.90 Å². The Morgan fingerprint density at radius 2 is 2.14 bits per heavy atom. The first-order chi connectivity index (χ1) is 6.56. The molecule has 82 valence electrons. The predicted octanol–water partition coefficient (Wildman–Crippen LogP) is 2.33. The van der Waals surface area contributed by atoms with Crippen molar-refractivity contribution >= 4 is 5.78 Å². The number of hydrogen-bond acceptors (Lipinski definition) is 2. The number of Topliss-reactive ketones (excluding diaryl/α,β-unsaturated/α-hetero) is 1. The van der Waals surface area contributed by atoms with Gasteiger partial charge in [0.2, 0.25) is 0 Å². The van der Waals surface area contributed by atoms with Gasteiger partial charge in [-0.15, -0.1) is 0 Å². The zero-order valence-electron chi connectivity index (χ0n) is 9.92. The van der Waals surface area contributed by atoms with E-state index in [4.69, 9.17) is 0 Å². The van der Waals surface area contributed by atoms with Crippen LogP contribution in [0.4, 0.5) is 0 Å². The van der Waals surface area contributed by atoms with Gasteiger partial charge in [0.15, 0.2) is 0 Å². The number of ketones is 1. The van der Waals surface area contributed by atoms with Crippen LogP contribution in [0.5, 0.6) is 0 Å². The average Bonchev–Trinajstić information content (AvgIpc) is 2.20. The molecule has 2 heteroatoms. The molecule has 1 aliphatic rings. The second-order valence-corrected chi connectivity index (χ2v) is 4.74. The fourth-order valence-electron chi connectivity index (χ4n) is 2.12. The molecule has 1 rings (SSSR count). The molecule has 3 unspecified atom stereocenters. The van der Waals surface area contributed by atoms with E-state index in [1.54, 1.807) is 0 Å². The molecular formula is C12H23NO. The molecule has 0 aromatic rings. The van der Waals surface area contributed by atoms with Crippen molar-refractivity contribution in [3.8, 4) is 0 Å². The molecule has 1 saturated heterocycles. The Morgan fingerprint density at radius 1 is 1.50 bits per heavy atom. The van der Waals surface area contributed by atoms with Crippen LogP contribution in [0, 0.1) is 11.8 Å². The first-order valence-electron chi connectivity index (χ1n) is 5.83. The van der Waals surface area contributed by atoms with Gasteiger partial charge in [0.25, 0.3) is 0 Å². The minimum absolute atomic E-state index is 0.246. The SMILES string of the molecule is CCC(C)C(C)N1CCC(=O)C(C)C1. The quantitative estimate of drug-likeness (QED) is 0.692. The first kappa shape index (κ1) is 11.7. The van der Waals surface area contributed by atoms with Crippen LogP contribution in [0.3, 0.4) is 0 Å². The maximum absolute atomic E-state index is 11.4. The highest BCUT2D eigenvalue weighted by atomic mass is 16.1. The molecule has 0 saturated carbocycles. The molecule has 0 N–H and O–H groups in total. The molecule has 0 radical (unpaired) electrons. The summed E-state index contributed by atoms with van der Waals surface area (Å²) < 4.78 is 0. The summed E-state index contributed by atoms with van der Waals surface area (Å²) in [6, 6.07) is 0.621. The highest BCUT2D eigenvalue weighted by Crippen LogP contribution is 2.20. The Morgan fingerprint density at radius 3 is 2.64 bits per heavy atom. The summed E-state index contributed by atoms with van der Waals surface area (Å²) in [5.41, 5.74) is 0. The number of nitrogens with zero attached hydrogens (tertiary/aromatic N) is 1. The number of likely N-dealkylation sites (tertiary alicyclic amines) is 1. The number of hydrogen-bond donors (Lipinski definition) is 0. The Balaban J connectivity index is 2.49.